The SMILES string of the molecule is Cc1cc(Oc2ncccc2C#N)ccc1NC(=O)CN(C)S(C)(=O)=O. The number of hydrogen-bond donors (Lipinski definition) is 1. The highest BCUT2D eigenvalue weighted by Crippen LogP contribution is 2.26. The van der Waals surface area contributed by atoms with E-state index < -0.39 is 15.9 Å². The van der Waals surface area contributed by atoms with Crippen LogP contribution < -0.4 is 10.1 Å². The summed E-state index contributed by atoms with van der Waals surface area (Å²) >= 11 is 0. The number of nitrogens with zero attached hydrogens (tertiary/aromatic N) is 3. The minimum atomic E-state index is -3.43. The largest absolute Gasteiger partial charge is 0.438 e. The zero-order chi connectivity index (χ0) is 19.3. The zero-order valence-electron chi connectivity index (χ0n) is 14.6. The number of aromatic nitrogens is 1. The molecule has 26 heavy (non-hydrogen) atoms. The number of carbonyl (C=O) groups excluding carboxylic acids is 1. The summed E-state index contributed by atoms with van der Waals surface area (Å²) in [5.41, 5.74) is 1.56. The molecule has 1 aromatic carbocycles. The van der Waals surface area contributed by atoms with Crippen LogP contribution in [0.1, 0.15) is 11.1 Å². The summed E-state index contributed by atoms with van der Waals surface area (Å²) in [7, 11) is -2.10. The number of aryl methyl sites for hydroxylation is 1. The van der Waals surface area contributed by atoms with E-state index >= 15 is 0 Å². The van der Waals surface area contributed by atoms with Crippen molar-refractivity contribution >= 4 is 21.6 Å². The normalized spacial score (nSPS) is 11.0. The number of pyridine rings is 1. The Balaban J connectivity index is 2.10. The molecule has 9 heteroatoms. The topological polar surface area (TPSA) is 112 Å². The van der Waals surface area contributed by atoms with Crippen molar-refractivity contribution in [1.82, 2.24) is 9.29 Å². The Hall–Kier alpha value is -2.96. The molecule has 0 aliphatic heterocycles. The lowest BCUT2D eigenvalue weighted by Gasteiger charge is -2.15. The predicted molar refractivity (Wildman–Crippen MR) is 96.3 cm³/mol. The van der Waals surface area contributed by atoms with Gasteiger partial charge in [-0.15, -0.1) is 0 Å². The third-order valence-electron chi connectivity index (χ3n) is 3.51. The molecule has 1 heterocycles. The summed E-state index contributed by atoms with van der Waals surface area (Å²) < 4.78 is 29.3. The van der Waals surface area contributed by atoms with Gasteiger partial charge in [-0.1, -0.05) is 0 Å². The molecule has 0 atom stereocenters. The molecule has 0 unspecified atom stereocenters. The van der Waals surface area contributed by atoms with Crippen LogP contribution in [-0.4, -0.2) is 43.5 Å². The van der Waals surface area contributed by atoms with Gasteiger partial charge in [0.15, 0.2) is 0 Å². The molecule has 1 aromatic heterocycles. The third-order valence-corrected chi connectivity index (χ3v) is 4.77. The molecule has 2 rings (SSSR count). The van der Waals surface area contributed by atoms with E-state index in [1.807, 2.05) is 6.07 Å². The highest BCUT2D eigenvalue weighted by Gasteiger charge is 2.16. The summed E-state index contributed by atoms with van der Waals surface area (Å²) in [6, 6.07) is 10.2. The summed E-state index contributed by atoms with van der Waals surface area (Å²) in [5.74, 6) is 0.205. The van der Waals surface area contributed by atoms with Gasteiger partial charge < -0.3 is 10.1 Å². The van der Waals surface area contributed by atoms with E-state index in [1.165, 1.54) is 13.2 Å². The maximum absolute atomic E-state index is 12.0. The highest BCUT2D eigenvalue weighted by molar-refractivity contribution is 7.88. The van der Waals surface area contributed by atoms with Crippen molar-refractivity contribution in [3.05, 3.63) is 47.7 Å². The predicted octanol–water partition coefficient (Wildman–Crippen LogP) is 1.88. The first kappa shape index (κ1) is 19.4. The van der Waals surface area contributed by atoms with Gasteiger partial charge in [-0.05, 0) is 42.8 Å². The molecule has 1 amide bonds. The lowest BCUT2D eigenvalue weighted by atomic mass is 10.2. The number of carbonyl (C=O) groups is 1. The molecule has 0 spiro atoms. The Morgan fingerprint density at radius 3 is 2.73 bits per heavy atom. The molecule has 0 saturated heterocycles. The van der Waals surface area contributed by atoms with Gasteiger partial charge in [0.1, 0.15) is 17.4 Å². The van der Waals surface area contributed by atoms with Gasteiger partial charge >= 0.3 is 0 Å². The number of nitriles is 1. The van der Waals surface area contributed by atoms with Crippen LogP contribution >= 0.6 is 0 Å². The van der Waals surface area contributed by atoms with Gasteiger partial charge in [-0.2, -0.15) is 9.57 Å². The Morgan fingerprint density at radius 2 is 2.12 bits per heavy atom. The maximum Gasteiger partial charge on any atom is 0.239 e. The Morgan fingerprint density at radius 1 is 1.38 bits per heavy atom. The van der Waals surface area contributed by atoms with E-state index in [4.69, 9.17) is 10.00 Å². The smallest absolute Gasteiger partial charge is 0.239 e. The number of amides is 1. The van der Waals surface area contributed by atoms with E-state index in [0.717, 1.165) is 10.6 Å². The van der Waals surface area contributed by atoms with Crippen molar-refractivity contribution < 1.29 is 17.9 Å². The molecule has 0 bridgehead atoms. The number of anilines is 1. The van der Waals surface area contributed by atoms with Gasteiger partial charge in [0.2, 0.25) is 21.8 Å². The van der Waals surface area contributed by atoms with Crippen LogP contribution in [0.4, 0.5) is 5.69 Å². The second kappa shape index (κ2) is 7.95. The molecule has 0 aliphatic carbocycles. The fourth-order valence-corrected chi connectivity index (χ4v) is 2.37. The van der Waals surface area contributed by atoms with Crippen LogP contribution in [0, 0.1) is 18.3 Å². The van der Waals surface area contributed by atoms with E-state index in [0.29, 0.717) is 22.6 Å². The van der Waals surface area contributed by atoms with Crippen molar-refractivity contribution in [1.29, 1.82) is 5.26 Å². The molecule has 1 N–H and O–H groups in total. The van der Waals surface area contributed by atoms with Crippen LogP contribution in [0.3, 0.4) is 0 Å². The zero-order valence-corrected chi connectivity index (χ0v) is 15.4. The molecule has 2 aromatic rings. The van der Waals surface area contributed by atoms with Crippen molar-refractivity contribution in [3.63, 3.8) is 0 Å². The van der Waals surface area contributed by atoms with Gasteiger partial charge in [0, 0.05) is 18.9 Å². The second-order valence-electron chi connectivity index (χ2n) is 5.61. The number of likely N-dealkylation sites (N-methyl/N-ethyl adjacent to an activating group) is 1. The van der Waals surface area contributed by atoms with E-state index in [-0.39, 0.29) is 12.4 Å². The van der Waals surface area contributed by atoms with E-state index in [9.17, 15) is 13.2 Å². The van der Waals surface area contributed by atoms with Gasteiger partial charge in [-0.3, -0.25) is 4.79 Å². The molecule has 0 aliphatic rings. The quantitative estimate of drug-likeness (QED) is 0.826. The number of sulfonamides is 1. The summed E-state index contributed by atoms with van der Waals surface area (Å²) in [6.45, 7) is 1.49. The number of nitrogens with one attached hydrogen (secondary N) is 1. The van der Waals surface area contributed by atoms with Gasteiger partial charge in [0.25, 0.3) is 0 Å². The molecule has 0 saturated carbocycles. The Labute approximate surface area is 152 Å². The van der Waals surface area contributed by atoms with E-state index in [1.54, 1.807) is 37.3 Å². The average Bonchev–Trinajstić information content (AvgIpc) is 2.57. The fourth-order valence-electron chi connectivity index (χ4n) is 2.02. The lowest BCUT2D eigenvalue weighted by molar-refractivity contribution is -0.116. The van der Waals surface area contributed by atoms with Crippen LogP contribution in [0.5, 0.6) is 11.6 Å². The van der Waals surface area contributed by atoms with Gasteiger partial charge in [-0.25, -0.2) is 13.4 Å². The number of rotatable bonds is 6. The van der Waals surface area contributed by atoms with Crippen molar-refractivity contribution in [2.24, 2.45) is 0 Å². The Bertz CT molecular complexity index is 967. The van der Waals surface area contributed by atoms with Crippen LogP contribution in [0.25, 0.3) is 0 Å². The van der Waals surface area contributed by atoms with E-state index in [2.05, 4.69) is 10.3 Å². The average molecular weight is 374 g/mol. The lowest BCUT2D eigenvalue weighted by Crippen LogP contribution is -2.34. The maximum atomic E-state index is 12.0. The molecule has 136 valence electrons. The van der Waals surface area contributed by atoms with Crippen LogP contribution in [0.15, 0.2) is 36.5 Å². The first-order valence-corrected chi connectivity index (χ1v) is 9.40. The molecular formula is C17H18N4O4S. The third kappa shape index (κ3) is 5.02. The van der Waals surface area contributed by atoms with Crippen LogP contribution in [-0.2, 0) is 14.8 Å². The first-order valence-electron chi connectivity index (χ1n) is 7.55. The van der Waals surface area contributed by atoms with Crippen molar-refractivity contribution in [2.45, 2.75) is 6.92 Å². The van der Waals surface area contributed by atoms with Gasteiger partial charge in [0.05, 0.1) is 12.8 Å². The second-order valence-corrected chi connectivity index (χ2v) is 7.70. The summed E-state index contributed by atoms with van der Waals surface area (Å²) in [6.07, 6.45) is 2.56. The standard InChI is InChI=1S/C17H18N4O4S/c1-12-9-14(25-17-13(10-18)5-4-8-19-17)6-7-15(12)20-16(22)11-21(2)26(3,23)24/h4-9H,11H2,1-3H3,(H,20,22). The summed E-state index contributed by atoms with van der Waals surface area (Å²) in [5, 5.41) is 11.7. The van der Waals surface area contributed by atoms with Crippen molar-refractivity contribution in [3.8, 4) is 17.7 Å². The number of benzene rings is 1. The number of hydrogen-bond acceptors (Lipinski definition) is 6. The molecular weight excluding hydrogens is 356 g/mol. The molecule has 8 nitrogen and oxygen atoms in total. The first-order chi connectivity index (χ1) is 12.2. The highest BCUT2D eigenvalue weighted by atomic mass is 32.2. The fraction of sp³-hybridized carbons (Fsp3) is 0.235. The van der Waals surface area contributed by atoms with Crippen LogP contribution in [0.2, 0.25) is 0 Å². The molecule has 0 radical (unpaired) electrons. The monoisotopic (exact) mass is 374 g/mol. The molecule has 0 fully saturated rings. The minimum Gasteiger partial charge on any atom is -0.438 e. The van der Waals surface area contributed by atoms with Crippen molar-refractivity contribution in [2.75, 3.05) is 25.2 Å². The Kier molecular flexibility index (Phi) is 5.92. The number of ether oxygens (including phenoxy) is 1. The summed E-state index contributed by atoms with van der Waals surface area (Å²) in [4.78, 5) is 16.0. The minimum absolute atomic E-state index is 0.195.